The van der Waals surface area contributed by atoms with Gasteiger partial charge in [-0.15, -0.1) is 5.10 Å². The highest BCUT2D eigenvalue weighted by Gasteiger charge is 2.20. The molecule has 6 nitrogen and oxygen atoms in total. The van der Waals surface area contributed by atoms with E-state index in [4.69, 9.17) is 16.3 Å². The molecule has 7 heteroatoms. The predicted molar refractivity (Wildman–Crippen MR) is 63.9 cm³/mol. The summed E-state index contributed by atoms with van der Waals surface area (Å²) < 4.78 is 9.61. The Morgan fingerprint density at radius 2 is 1.88 bits per heavy atom. The minimum atomic E-state index is -0.787. The van der Waals surface area contributed by atoms with E-state index in [1.165, 1.54) is 7.05 Å². The molecule has 0 spiro atoms. The first-order valence-corrected chi connectivity index (χ1v) is 5.43. The average Bonchev–Trinajstić information content (AvgIpc) is 2.15. The van der Waals surface area contributed by atoms with Crippen molar-refractivity contribution in [2.24, 2.45) is 5.10 Å². The largest absolute Gasteiger partial charge is 0.461 e. The lowest BCUT2D eigenvalue weighted by Gasteiger charge is -2.22. The molecule has 1 amide bonds. The zero-order valence-corrected chi connectivity index (χ0v) is 11.4. The van der Waals surface area contributed by atoms with Crippen molar-refractivity contribution in [1.82, 2.24) is 5.01 Å². The van der Waals surface area contributed by atoms with Gasteiger partial charge in [-0.25, -0.2) is 9.59 Å². The van der Waals surface area contributed by atoms with Crippen LogP contribution >= 0.6 is 11.6 Å². The maximum absolute atomic E-state index is 11.5. The quantitative estimate of drug-likeness (QED) is 0.444. The molecule has 0 saturated carbocycles. The summed E-state index contributed by atoms with van der Waals surface area (Å²) in [6.45, 7) is 6.97. The molecule has 0 aromatic heterocycles. The summed E-state index contributed by atoms with van der Waals surface area (Å²) in [6.07, 6.45) is -0.708. The lowest BCUT2D eigenvalue weighted by Crippen LogP contribution is -2.32. The van der Waals surface area contributed by atoms with Crippen LogP contribution in [-0.2, 0) is 14.3 Å². The Morgan fingerprint density at radius 1 is 1.35 bits per heavy atom. The van der Waals surface area contributed by atoms with Crippen LogP contribution in [0.4, 0.5) is 4.79 Å². The van der Waals surface area contributed by atoms with E-state index in [-0.39, 0.29) is 6.61 Å². The van der Waals surface area contributed by atoms with Gasteiger partial charge in [-0.05, 0) is 27.7 Å². The topological polar surface area (TPSA) is 68.2 Å². The van der Waals surface area contributed by atoms with E-state index in [9.17, 15) is 9.59 Å². The third-order valence-electron chi connectivity index (χ3n) is 1.34. The van der Waals surface area contributed by atoms with Crippen LogP contribution < -0.4 is 0 Å². The van der Waals surface area contributed by atoms with E-state index in [0.717, 1.165) is 5.01 Å². The van der Waals surface area contributed by atoms with Gasteiger partial charge in [0, 0.05) is 7.05 Å². The first kappa shape index (κ1) is 15.7. The third-order valence-corrected chi connectivity index (χ3v) is 1.57. The van der Waals surface area contributed by atoms with Crippen molar-refractivity contribution in [1.29, 1.82) is 0 Å². The molecule has 0 heterocycles. The summed E-state index contributed by atoms with van der Waals surface area (Å²) >= 11 is 5.55. The van der Waals surface area contributed by atoms with Crippen molar-refractivity contribution >= 4 is 28.8 Å². The highest BCUT2D eigenvalue weighted by atomic mass is 35.5. The Hall–Kier alpha value is -1.30. The standard InChI is InChI=1S/C10H17ClN2O4/c1-6-16-8(14)7(11)12-13(5)9(15)17-10(2,3)4/h6H2,1-5H3/b12-7-. The number of hydrogen-bond acceptors (Lipinski definition) is 5. The fraction of sp³-hybridized carbons (Fsp3) is 0.700. The minimum Gasteiger partial charge on any atom is -0.461 e. The molecule has 0 unspecified atom stereocenters. The van der Waals surface area contributed by atoms with Crippen molar-refractivity contribution in [3.05, 3.63) is 0 Å². The first-order valence-electron chi connectivity index (χ1n) is 5.05. The second-order valence-corrected chi connectivity index (χ2v) is 4.47. The lowest BCUT2D eigenvalue weighted by atomic mass is 10.2. The maximum atomic E-state index is 11.5. The molecule has 17 heavy (non-hydrogen) atoms. The molecule has 0 rings (SSSR count). The van der Waals surface area contributed by atoms with E-state index in [1.54, 1.807) is 27.7 Å². The van der Waals surface area contributed by atoms with Crippen molar-refractivity contribution in [2.45, 2.75) is 33.3 Å². The third kappa shape index (κ3) is 6.78. The molecule has 0 atom stereocenters. The maximum Gasteiger partial charge on any atom is 0.430 e. The van der Waals surface area contributed by atoms with Gasteiger partial charge in [-0.2, -0.15) is 5.01 Å². The molecule has 0 bridgehead atoms. The van der Waals surface area contributed by atoms with Crippen LogP contribution in [0.3, 0.4) is 0 Å². The van der Waals surface area contributed by atoms with Crippen molar-refractivity contribution in [3.63, 3.8) is 0 Å². The predicted octanol–water partition coefficient (Wildman–Crippen LogP) is 1.97. The summed E-state index contributed by atoms with van der Waals surface area (Å²) in [6, 6.07) is 0. The molecule has 0 saturated heterocycles. The summed E-state index contributed by atoms with van der Waals surface area (Å²) in [5.74, 6) is -0.787. The average molecular weight is 265 g/mol. The van der Waals surface area contributed by atoms with Crippen LogP contribution in [-0.4, -0.2) is 41.5 Å². The van der Waals surface area contributed by atoms with Gasteiger partial charge in [-0.1, -0.05) is 11.6 Å². The SMILES string of the molecule is CCOC(=O)/C(Cl)=N/N(C)C(=O)OC(C)(C)C. The molecule has 0 aromatic carbocycles. The Kier molecular flexibility index (Phi) is 5.95. The summed E-state index contributed by atoms with van der Waals surface area (Å²) in [5, 5.41) is 3.95. The monoisotopic (exact) mass is 264 g/mol. The molecule has 98 valence electrons. The fourth-order valence-electron chi connectivity index (χ4n) is 0.732. The van der Waals surface area contributed by atoms with Gasteiger partial charge in [0.1, 0.15) is 5.60 Å². The zero-order valence-electron chi connectivity index (χ0n) is 10.6. The van der Waals surface area contributed by atoms with Crippen LogP contribution in [0.5, 0.6) is 0 Å². The minimum absolute atomic E-state index is 0.181. The number of hydrogen-bond donors (Lipinski definition) is 0. The van der Waals surface area contributed by atoms with E-state index < -0.39 is 22.8 Å². The van der Waals surface area contributed by atoms with Crippen molar-refractivity contribution in [2.75, 3.05) is 13.7 Å². The second kappa shape index (κ2) is 6.44. The Bertz CT molecular complexity index is 323. The molecule has 0 aliphatic carbocycles. The van der Waals surface area contributed by atoms with Crippen molar-refractivity contribution in [3.8, 4) is 0 Å². The number of carbonyl (C=O) groups is 2. The highest BCUT2D eigenvalue weighted by molar-refractivity contribution is 6.82. The van der Waals surface area contributed by atoms with Crippen LogP contribution in [0.1, 0.15) is 27.7 Å². The Labute approximate surface area is 106 Å². The van der Waals surface area contributed by atoms with Crippen LogP contribution in [0.25, 0.3) is 0 Å². The Morgan fingerprint density at radius 3 is 2.29 bits per heavy atom. The number of halogens is 1. The van der Waals surface area contributed by atoms with Crippen molar-refractivity contribution < 1.29 is 19.1 Å². The number of ether oxygens (including phenoxy) is 2. The zero-order chi connectivity index (χ0) is 13.6. The summed E-state index contributed by atoms with van der Waals surface area (Å²) in [4.78, 5) is 22.6. The summed E-state index contributed by atoms with van der Waals surface area (Å²) in [7, 11) is 1.33. The van der Waals surface area contributed by atoms with Gasteiger partial charge in [0.2, 0.25) is 5.17 Å². The van der Waals surface area contributed by atoms with Crippen LogP contribution in [0.15, 0.2) is 5.10 Å². The molecule has 0 N–H and O–H groups in total. The first-order chi connectivity index (χ1) is 7.67. The number of carbonyl (C=O) groups excluding carboxylic acids is 2. The number of rotatable bonds is 3. The van der Waals surface area contributed by atoms with Gasteiger partial charge >= 0.3 is 12.1 Å². The number of nitrogens with zero attached hydrogens (tertiary/aromatic N) is 2. The molecular formula is C10H17ClN2O4. The molecular weight excluding hydrogens is 248 g/mol. The second-order valence-electron chi connectivity index (χ2n) is 4.12. The van der Waals surface area contributed by atoms with Gasteiger partial charge in [0.05, 0.1) is 6.61 Å². The number of hydrazone groups is 1. The normalized spacial score (nSPS) is 12.0. The van der Waals surface area contributed by atoms with Gasteiger partial charge in [0.25, 0.3) is 0 Å². The molecule has 0 radical (unpaired) electrons. The smallest absolute Gasteiger partial charge is 0.430 e. The molecule has 0 aromatic rings. The molecule has 0 aliphatic rings. The van der Waals surface area contributed by atoms with Gasteiger partial charge in [0.15, 0.2) is 0 Å². The summed E-state index contributed by atoms with van der Waals surface area (Å²) in [5.41, 5.74) is -0.642. The number of amides is 1. The van der Waals surface area contributed by atoms with Gasteiger partial charge < -0.3 is 9.47 Å². The van der Waals surface area contributed by atoms with E-state index in [1.807, 2.05) is 0 Å². The fourth-order valence-corrected chi connectivity index (χ4v) is 0.900. The molecule has 0 fully saturated rings. The van der Waals surface area contributed by atoms with Gasteiger partial charge in [-0.3, -0.25) is 0 Å². The van der Waals surface area contributed by atoms with E-state index in [0.29, 0.717) is 0 Å². The number of esters is 1. The lowest BCUT2D eigenvalue weighted by molar-refractivity contribution is -0.134. The van der Waals surface area contributed by atoms with Crippen LogP contribution in [0, 0.1) is 0 Å². The highest BCUT2D eigenvalue weighted by Crippen LogP contribution is 2.09. The van der Waals surface area contributed by atoms with Crippen LogP contribution in [0.2, 0.25) is 0 Å². The molecule has 0 aliphatic heterocycles. The van der Waals surface area contributed by atoms with E-state index >= 15 is 0 Å². The Balaban J connectivity index is 4.51. The van der Waals surface area contributed by atoms with E-state index in [2.05, 4.69) is 9.84 Å².